The summed E-state index contributed by atoms with van der Waals surface area (Å²) < 4.78 is 0. The second-order valence-corrected chi connectivity index (χ2v) is 5.16. The Hall–Kier alpha value is -0.570. The molecule has 92 valence electrons. The van der Waals surface area contributed by atoms with E-state index in [-0.39, 0.29) is 5.91 Å². The van der Waals surface area contributed by atoms with Crippen LogP contribution in [0.3, 0.4) is 0 Å². The number of nitrogens with one attached hydrogen (secondary N) is 1. The molecule has 1 aliphatic heterocycles. The van der Waals surface area contributed by atoms with Crippen molar-refractivity contribution in [3.8, 4) is 0 Å². The predicted octanol–water partition coefficient (Wildman–Crippen LogP) is 1.78. The first kappa shape index (κ1) is 11.9. The molecular formula is C13H24N2O. The number of carbonyl (C=O) groups excluding carboxylic acids is 1. The summed E-state index contributed by atoms with van der Waals surface area (Å²) in [6.45, 7) is 5.37. The van der Waals surface area contributed by atoms with Gasteiger partial charge in [0.15, 0.2) is 0 Å². The van der Waals surface area contributed by atoms with Crippen LogP contribution in [-0.2, 0) is 4.79 Å². The minimum atomic E-state index is 0.282. The monoisotopic (exact) mass is 224 g/mol. The molecule has 0 spiro atoms. The smallest absolute Gasteiger partial charge is 0.223 e. The number of nitrogens with zero attached hydrogens (tertiary/aromatic N) is 1. The van der Waals surface area contributed by atoms with Gasteiger partial charge in [0.1, 0.15) is 0 Å². The van der Waals surface area contributed by atoms with Gasteiger partial charge in [-0.2, -0.15) is 0 Å². The van der Waals surface area contributed by atoms with Gasteiger partial charge in [-0.15, -0.1) is 0 Å². The summed E-state index contributed by atoms with van der Waals surface area (Å²) in [4.78, 5) is 14.0. The van der Waals surface area contributed by atoms with Crippen LogP contribution in [0, 0.1) is 5.92 Å². The number of hydrogen-bond acceptors (Lipinski definition) is 2. The van der Waals surface area contributed by atoms with E-state index in [9.17, 15) is 4.79 Å². The molecule has 1 unspecified atom stereocenters. The third-order valence-corrected chi connectivity index (χ3v) is 3.87. The molecule has 1 heterocycles. The van der Waals surface area contributed by atoms with Gasteiger partial charge in [-0.05, 0) is 38.6 Å². The van der Waals surface area contributed by atoms with Gasteiger partial charge in [-0.3, -0.25) is 9.69 Å². The summed E-state index contributed by atoms with van der Waals surface area (Å²) in [5, 5.41) is 3.06. The van der Waals surface area contributed by atoms with E-state index in [1.807, 2.05) is 0 Å². The maximum absolute atomic E-state index is 11.5. The normalized spacial score (nSPS) is 26.7. The Bertz CT molecular complexity index is 238. The second kappa shape index (κ2) is 5.67. The zero-order valence-corrected chi connectivity index (χ0v) is 10.4. The number of carbonyl (C=O) groups is 1. The molecule has 0 aromatic heterocycles. The largest absolute Gasteiger partial charge is 0.355 e. The molecule has 0 aromatic rings. The van der Waals surface area contributed by atoms with Crippen molar-refractivity contribution < 1.29 is 4.79 Å². The molecule has 3 heteroatoms. The molecule has 1 atom stereocenters. The third kappa shape index (κ3) is 3.21. The summed E-state index contributed by atoms with van der Waals surface area (Å²) in [6.07, 6.45) is 7.50. The van der Waals surface area contributed by atoms with Crippen molar-refractivity contribution in [2.75, 3.05) is 19.6 Å². The second-order valence-electron chi connectivity index (χ2n) is 5.16. The van der Waals surface area contributed by atoms with Crippen molar-refractivity contribution in [3.05, 3.63) is 0 Å². The maximum Gasteiger partial charge on any atom is 0.223 e. The highest BCUT2D eigenvalue weighted by Gasteiger charge is 2.29. The van der Waals surface area contributed by atoms with Crippen LogP contribution in [-0.4, -0.2) is 36.5 Å². The van der Waals surface area contributed by atoms with Gasteiger partial charge in [0.25, 0.3) is 0 Å². The van der Waals surface area contributed by atoms with Crippen molar-refractivity contribution in [2.24, 2.45) is 5.92 Å². The molecule has 2 rings (SSSR count). The lowest BCUT2D eigenvalue weighted by atomic mass is 10.0. The fourth-order valence-corrected chi connectivity index (χ4v) is 2.63. The minimum Gasteiger partial charge on any atom is -0.355 e. The average Bonchev–Trinajstić information content (AvgIpc) is 3.13. The molecule has 0 bridgehead atoms. The lowest BCUT2D eigenvalue weighted by Crippen LogP contribution is -2.43. The first-order chi connectivity index (χ1) is 7.81. The Morgan fingerprint density at radius 2 is 2.12 bits per heavy atom. The Morgan fingerprint density at radius 3 is 2.81 bits per heavy atom. The molecule has 0 radical (unpaired) electrons. The van der Waals surface area contributed by atoms with E-state index in [2.05, 4.69) is 17.1 Å². The molecule has 2 fully saturated rings. The van der Waals surface area contributed by atoms with E-state index < -0.39 is 0 Å². The van der Waals surface area contributed by atoms with Crippen LogP contribution >= 0.6 is 0 Å². The van der Waals surface area contributed by atoms with Crippen molar-refractivity contribution in [2.45, 2.75) is 51.5 Å². The molecule has 0 aromatic carbocycles. The standard InChI is InChI=1S/C13H24N2O/c1-2-12-5-3-4-9-15(12)10-8-14-13(16)11-6-7-11/h11-12H,2-10H2,1H3,(H,14,16). The van der Waals surface area contributed by atoms with Gasteiger partial charge in [0.05, 0.1) is 0 Å². The van der Waals surface area contributed by atoms with Crippen molar-refractivity contribution >= 4 is 5.91 Å². The highest BCUT2D eigenvalue weighted by atomic mass is 16.2. The van der Waals surface area contributed by atoms with E-state index >= 15 is 0 Å². The van der Waals surface area contributed by atoms with Crippen molar-refractivity contribution in [1.82, 2.24) is 10.2 Å². The molecule has 1 saturated carbocycles. The minimum absolute atomic E-state index is 0.282. The molecule has 1 N–H and O–H groups in total. The topological polar surface area (TPSA) is 32.3 Å². The number of amides is 1. The molecule has 1 amide bonds. The van der Waals surface area contributed by atoms with E-state index in [1.165, 1.54) is 32.2 Å². The van der Waals surface area contributed by atoms with E-state index in [0.717, 1.165) is 32.0 Å². The maximum atomic E-state index is 11.5. The van der Waals surface area contributed by atoms with Gasteiger partial charge in [-0.1, -0.05) is 13.3 Å². The van der Waals surface area contributed by atoms with Gasteiger partial charge in [-0.25, -0.2) is 0 Å². The lowest BCUT2D eigenvalue weighted by Gasteiger charge is -2.35. The number of rotatable bonds is 5. The van der Waals surface area contributed by atoms with Crippen LogP contribution in [0.2, 0.25) is 0 Å². The molecule has 1 aliphatic carbocycles. The number of hydrogen-bond donors (Lipinski definition) is 1. The molecular weight excluding hydrogens is 200 g/mol. The summed E-state index contributed by atoms with van der Waals surface area (Å²) >= 11 is 0. The molecule has 3 nitrogen and oxygen atoms in total. The summed E-state index contributed by atoms with van der Waals surface area (Å²) in [6, 6.07) is 0.756. The van der Waals surface area contributed by atoms with Gasteiger partial charge < -0.3 is 5.32 Å². The third-order valence-electron chi connectivity index (χ3n) is 3.87. The number of likely N-dealkylation sites (tertiary alicyclic amines) is 1. The van der Waals surface area contributed by atoms with Crippen LogP contribution in [0.25, 0.3) is 0 Å². The van der Waals surface area contributed by atoms with Crippen LogP contribution < -0.4 is 5.32 Å². The summed E-state index contributed by atoms with van der Waals surface area (Å²) in [5.41, 5.74) is 0. The molecule has 16 heavy (non-hydrogen) atoms. The van der Waals surface area contributed by atoms with Gasteiger partial charge in [0.2, 0.25) is 5.91 Å². The quantitative estimate of drug-likeness (QED) is 0.772. The van der Waals surface area contributed by atoms with E-state index in [4.69, 9.17) is 0 Å². The van der Waals surface area contributed by atoms with Crippen LogP contribution in [0.15, 0.2) is 0 Å². The SMILES string of the molecule is CCC1CCCCN1CCNC(=O)C1CC1. The first-order valence-corrected chi connectivity index (χ1v) is 6.83. The van der Waals surface area contributed by atoms with Crippen LogP contribution in [0.5, 0.6) is 0 Å². The zero-order chi connectivity index (χ0) is 11.4. The van der Waals surface area contributed by atoms with Crippen LogP contribution in [0.4, 0.5) is 0 Å². The van der Waals surface area contributed by atoms with Crippen LogP contribution in [0.1, 0.15) is 45.4 Å². The fourth-order valence-electron chi connectivity index (χ4n) is 2.63. The molecule has 1 saturated heterocycles. The number of piperidine rings is 1. The first-order valence-electron chi connectivity index (χ1n) is 6.83. The van der Waals surface area contributed by atoms with E-state index in [0.29, 0.717) is 5.92 Å². The van der Waals surface area contributed by atoms with Gasteiger partial charge in [0, 0.05) is 25.0 Å². The highest BCUT2D eigenvalue weighted by Crippen LogP contribution is 2.28. The van der Waals surface area contributed by atoms with E-state index in [1.54, 1.807) is 0 Å². The Labute approximate surface area is 98.6 Å². The highest BCUT2D eigenvalue weighted by molar-refractivity contribution is 5.80. The predicted molar refractivity (Wildman–Crippen MR) is 65.2 cm³/mol. The van der Waals surface area contributed by atoms with Gasteiger partial charge >= 0.3 is 0 Å². The molecule has 2 aliphatic rings. The van der Waals surface area contributed by atoms with Crippen molar-refractivity contribution in [1.29, 1.82) is 0 Å². The van der Waals surface area contributed by atoms with Crippen molar-refractivity contribution in [3.63, 3.8) is 0 Å². The fraction of sp³-hybridized carbons (Fsp3) is 0.923. The Morgan fingerprint density at radius 1 is 1.31 bits per heavy atom. The Balaban J connectivity index is 1.65. The Kier molecular flexibility index (Phi) is 4.22. The summed E-state index contributed by atoms with van der Waals surface area (Å²) in [7, 11) is 0. The average molecular weight is 224 g/mol. The summed E-state index contributed by atoms with van der Waals surface area (Å²) in [5.74, 6) is 0.633. The zero-order valence-electron chi connectivity index (χ0n) is 10.4. The lowest BCUT2D eigenvalue weighted by molar-refractivity contribution is -0.122.